The highest BCUT2D eigenvalue weighted by atomic mass is 16.5. The van der Waals surface area contributed by atoms with Gasteiger partial charge in [0.2, 0.25) is 0 Å². The van der Waals surface area contributed by atoms with Gasteiger partial charge in [-0.15, -0.1) is 0 Å². The first-order valence-electron chi connectivity index (χ1n) is 9.12. The SMILES string of the molecule is Cc1ccc(NC(=O)c2cnc3ccccc3n2)cc1C(=O)N1CCOCC1. The minimum atomic E-state index is -0.369. The van der Waals surface area contributed by atoms with E-state index in [1.807, 2.05) is 37.3 Å². The number of fused-ring (bicyclic) bond motifs is 1. The quantitative estimate of drug-likeness (QED) is 0.760. The van der Waals surface area contributed by atoms with E-state index in [0.29, 0.717) is 43.1 Å². The largest absolute Gasteiger partial charge is 0.378 e. The van der Waals surface area contributed by atoms with Crippen molar-refractivity contribution in [2.24, 2.45) is 0 Å². The first kappa shape index (κ1) is 18.1. The Morgan fingerprint density at radius 3 is 2.61 bits per heavy atom. The molecule has 7 heteroatoms. The maximum absolute atomic E-state index is 12.8. The second kappa shape index (κ2) is 7.74. The van der Waals surface area contributed by atoms with Crippen molar-refractivity contribution in [1.29, 1.82) is 0 Å². The molecule has 1 saturated heterocycles. The van der Waals surface area contributed by atoms with Crippen molar-refractivity contribution in [2.75, 3.05) is 31.6 Å². The van der Waals surface area contributed by atoms with Gasteiger partial charge >= 0.3 is 0 Å². The Morgan fingerprint density at radius 2 is 1.82 bits per heavy atom. The fraction of sp³-hybridized carbons (Fsp3) is 0.238. The van der Waals surface area contributed by atoms with Crippen LogP contribution in [0, 0.1) is 6.92 Å². The Morgan fingerprint density at radius 1 is 1.07 bits per heavy atom. The molecule has 3 aromatic rings. The summed E-state index contributed by atoms with van der Waals surface area (Å²) in [6.07, 6.45) is 1.45. The van der Waals surface area contributed by atoms with Gasteiger partial charge in [-0.2, -0.15) is 0 Å². The molecule has 1 fully saturated rings. The number of hydrogen-bond donors (Lipinski definition) is 1. The minimum Gasteiger partial charge on any atom is -0.378 e. The van der Waals surface area contributed by atoms with Gasteiger partial charge in [0.05, 0.1) is 30.4 Å². The molecule has 0 radical (unpaired) electrons. The van der Waals surface area contributed by atoms with E-state index in [1.165, 1.54) is 6.20 Å². The summed E-state index contributed by atoms with van der Waals surface area (Å²) in [4.78, 5) is 35.8. The topological polar surface area (TPSA) is 84.4 Å². The second-order valence-corrected chi connectivity index (χ2v) is 6.63. The number of hydrogen-bond acceptors (Lipinski definition) is 5. The van der Waals surface area contributed by atoms with Gasteiger partial charge in [-0.1, -0.05) is 18.2 Å². The molecule has 1 aliphatic rings. The number of carbonyl (C=O) groups is 2. The van der Waals surface area contributed by atoms with Gasteiger partial charge in [0.15, 0.2) is 0 Å². The highest BCUT2D eigenvalue weighted by molar-refractivity contribution is 6.04. The fourth-order valence-corrected chi connectivity index (χ4v) is 3.13. The Hall–Kier alpha value is -3.32. The molecule has 2 heterocycles. The van der Waals surface area contributed by atoms with Crippen molar-refractivity contribution in [2.45, 2.75) is 6.92 Å². The first-order valence-corrected chi connectivity index (χ1v) is 9.12. The van der Waals surface area contributed by atoms with E-state index < -0.39 is 0 Å². The molecule has 0 atom stereocenters. The Bertz CT molecular complexity index is 1040. The average Bonchev–Trinajstić information content (AvgIpc) is 2.75. The van der Waals surface area contributed by atoms with E-state index in [1.54, 1.807) is 17.0 Å². The first-order chi connectivity index (χ1) is 13.6. The van der Waals surface area contributed by atoms with Gasteiger partial charge in [-0.25, -0.2) is 4.98 Å². The summed E-state index contributed by atoms with van der Waals surface area (Å²) in [6, 6.07) is 12.7. The van der Waals surface area contributed by atoms with Gasteiger partial charge in [0.1, 0.15) is 5.69 Å². The van der Waals surface area contributed by atoms with Crippen molar-refractivity contribution in [3.8, 4) is 0 Å². The molecule has 1 aromatic heterocycles. The van der Waals surface area contributed by atoms with Crippen LogP contribution in [0.4, 0.5) is 5.69 Å². The minimum absolute atomic E-state index is 0.0533. The van der Waals surface area contributed by atoms with Crippen LogP contribution in [-0.4, -0.2) is 53.0 Å². The number of morpholine rings is 1. The molecule has 0 aliphatic carbocycles. The standard InChI is InChI=1S/C21H20N4O3/c1-14-6-7-15(12-16(14)21(27)25-8-10-28-11-9-25)23-20(26)19-13-22-17-4-2-3-5-18(17)24-19/h2-7,12-13H,8-11H2,1H3,(H,23,26). The maximum Gasteiger partial charge on any atom is 0.275 e. The molecule has 28 heavy (non-hydrogen) atoms. The lowest BCUT2D eigenvalue weighted by atomic mass is 10.1. The Labute approximate surface area is 162 Å². The average molecular weight is 376 g/mol. The predicted octanol–water partition coefficient (Wildman–Crippen LogP) is 2.66. The number of anilines is 1. The summed E-state index contributed by atoms with van der Waals surface area (Å²) in [7, 11) is 0. The lowest BCUT2D eigenvalue weighted by Crippen LogP contribution is -2.41. The van der Waals surface area contributed by atoms with E-state index >= 15 is 0 Å². The van der Waals surface area contributed by atoms with E-state index in [4.69, 9.17) is 4.74 Å². The Kier molecular flexibility index (Phi) is 4.99. The molecular weight excluding hydrogens is 356 g/mol. The van der Waals surface area contributed by atoms with Gasteiger partial charge < -0.3 is 15.0 Å². The third-order valence-electron chi connectivity index (χ3n) is 4.71. The van der Waals surface area contributed by atoms with Crippen LogP contribution in [0.15, 0.2) is 48.7 Å². The van der Waals surface area contributed by atoms with E-state index in [0.717, 1.165) is 11.1 Å². The zero-order chi connectivity index (χ0) is 19.5. The summed E-state index contributed by atoms with van der Waals surface area (Å²) in [5.74, 6) is -0.422. The number of amides is 2. The summed E-state index contributed by atoms with van der Waals surface area (Å²) >= 11 is 0. The van der Waals surface area contributed by atoms with Gasteiger partial charge in [0.25, 0.3) is 11.8 Å². The molecule has 0 unspecified atom stereocenters. The number of para-hydroxylation sites is 2. The maximum atomic E-state index is 12.8. The normalized spacial score (nSPS) is 14.1. The van der Waals surface area contributed by atoms with E-state index in [-0.39, 0.29) is 17.5 Å². The fourth-order valence-electron chi connectivity index (χ4n) is 3.13. The van der Waals surface area contributed by atoms with Crippen LogP contribution in [0.25, 0.3) is 11.0 Å². The molecule has 7 nitrogen and oxygen atoms in total. The highest BCUT2D eigenvalue weighted by Gasteiger charge is 2.21. The van der Waals surface area contributed by atoms with E-state index in [2.05, 4.69) is 15.3 Å². The number of aryl methyl sites for hydroxylation is 1. The number of nitrogens with one attached hydrogen (secondary N) is 1. The summed E-state index contributed by atoms with van der Waals surface area (Å²) < 4.78 is 5.31. The van der Waals surface area contributed by atoms with Crippen molar-refractivity contribution >= 4 is 28.5 Å². The third kappa shape index (κ3) is 3.70. The predicted molar refractivity (Wildman–Crippen MR) is 105 cm³/mol. The molecular formula is C21H20N4O3. The second-order valence-electron chi connectivity index (χ2n) is 6.63. The van der Waals surface area contributed by atoms with Crippen LogP contribution < -0.4 is 5.32 Å². The lowest BCUT2D eigenvalue weighted by molar-refractivity contribution is 0.0302. The van der Waals surface area contributed by atoms with Gasteiger partial charge in [-0.05, 0) is 36.8 Å². The van der Waals surface area contributed by atoms with Crippen molar-refractivity contribution in [1.82, 2.24) is 14.9 Å². The zero-order valence-electron chi connectivity index (χ0n) is 15.5. The molecule has 142 valence electrons. The van der Waals surface area contributed by atoms with Crippen LogP contribution in [-0.2, 0) is 4.74 Å². The van der Waals surface area contributed by atoms with Gasteiger partial charge in [-0.3, -0.25) is 14.6 Å². The molecule has 2 amide bonds. The smallest absolute Gasteiger partial charge is 0.275 e. The molecule has 0 bridgehead atoms. The number of aromatic nitrogens is 2. The Balaban J connectivity index is 1.55. The van der Waals surface area contributed by atoms with Crippen LogP contribution in [0.5, 0.6) is 0 Å². The van der Waals surface area contributed by atoms with Crippen LogP contribution >= 0.6 is 0 Å². The molecule has 1 aliphatic heterocycles. The van der Waals surface area contributed by atoms with Crippen LogP contribution in [0.3, 0.4) is 0 Å². The van der Waals surface area contributed by atoms with Crippen LogP contribution in [0.2, 0.25) is 0 Å². The number of benzene rings is 2. The van der Waals surface area contributed by atoms with Crippen molar-refractivity contribution in [3.05, 3.63) is 65.5 Å². The number of carbonyl (C=O) groups excluding carboxylic acids is 2. The summed E-state index contributed by atoms with van der Waals surface area (Å²) in [5.41, 5.74) is 3.59. The van der Waals surface area contributed by atoms with Crippen molar-refractivity contribution < 1.29 is 14.3 Å². The van der Waals surface area contributed by atoms with Gasteiger partial charge in [0, 0.05) is 24.3 Å². The summed E-state index contributed by atoms with van der Waals surface area (Å²) in [6.45, 7) is 4.11. The molecule has 0 spiro atoms. The van der Waals surface area contributed by atoms with E-state index in [9.17, 15) is 9.59 Å². The molecule has 4 rings (SSSR count). The van der Waals surface area contributed by atoms with Crippen LogP contribution in [0.1, 0.15) is 26.4 Å². The molecule has 1 N–H and O–H groups in total. The monoisotopic (exact) mass is 376 g/mol. The summed E-state index contributed by atoms with van der Waals surface area (Å²) in [5, 5.41) is 2.81. The van der Waals surface area contributed by atoms with Crippen molar-refractivity contribution in [3.63, 3.8) is 0 Å². The number of nitrogens with zero attached hydrogens (tertiary/aromatic N) is 3. The zero-order valence-corrected chi connectivity index (χ0v) is 15.5. The number of rotatable bonds is 3. The highest BCUT2D eigenvalue weighted by Crippen LogP contribution is 2.19. The lowest BCUT2D eigenvalue weighted by Gasteiger charge is -2.27. The molecule has 0 saturated carbocycles. The third-order valence-corrected chi connectivity index (χ3v) is 4.71. The number of ether oxygens (including phenoxy) is 1. The molecule has 2 aromatic carbocycles.